The number of rotatable bonds is 13. The van der Waals surface area contributed by atoms with Crippen LogP contribution in [0.5, 0.6) is 0 Å². The maximum atomic E-state index is 5.71. The van der Waals surface area contributed by atoms with Crippen molar-refractivity contribution in [1.82, 2.24) is 0 Å². The van der Waals surface area contributed by atoms with E-state index in [9.17, 15) is 0 Å². The van der Waals surface area contributed by atoms with Gasteiger partial charge in [0.1, 0.15) is 6.10 Å². The molecule has 0 bridgehead atoms. The Kier molecular flexibility index (Phi) is 15.6. The van der Waals surface area contributed by atoms with E-state index >= 15 is 0 Å². The summed E-state index contributed by atoms with van der Waals surface area (Å²) in [5.41, 5.74) is 0. The van der Waals surface area contributed by atoms with E-state index in [0.29, 0.717) is 13.2 Å². The van der Waals surface area contributed by atoms with Crippen LogP contribution in [0.2, 0.25) is 0 Å². The molecule has 0 spiro atoms. The smallest absolute Gasteiger partial charge is 0.104 e. The quantitative estimate of drug-likeness (QED) is 0.364. The lowest BCUT2D eigenvalue weighted by Gasteiger charge is -2.17. The summed E-state index contributed by atoms with van der Waals surface area (Å²) in [6.07, 6.45) is 4.54. The first-order valence-corrected chi connectivity index (χ1v) is 8.39. The van der Waals surface area contributed by atoms with Gasteiger partial charge in [0.15, 0.2) is 0 Å². The molecule has 0 fully saturated rings. The van der Waals surface area contributed by atoms with Gasteiger partial charge in [0.05, 0.1) is 13.2 Å². The number of halogens is 2. The molecule has 0 aliphatic carbocycles. The fourth-order valence-electron chi connectivity index (χ4n) is 1.29. The normalized spacial score (nSPS) is 12.9. The number of hydrogen-bond donors (Lipinski definition) is 0. The molecule has 0 aromatic carbocycles. The van der Waals surface area contributed by atoms with Gasteiger partial charge in [0.2, 0.25) is 0 Å². The van der Waals surface area contributed by atoms with Gasteiger partial charge >= 0.3 is 0 Å². The Morgan fingerprint density at radius 2 is 1.53 bits per heavy atom. The van der Waals surface area contributed by atoms with Crippen LogP contribution in [-0.4, -0.2) is 50.3 Å². The molecule has 104 valence electrons. The van der Waals surface area contributed by atoms with Crippen molar-refractivity contribution in [2.24, 2.45) is 0 Å². The molecule has 0 saturated heterocycles. The van der Waals surface area contributed by atoms with Crippen molar-refractivity contribution >= 4 is 31.9 Å². The van der Waals surface area contributed by atoms with Crippen molar-refractivity contribution < 1.29 is 14.2 Å². The molecular formula is C12H24Br2O3. The monoisotopic (exact) mass is 374 g/mol. The Bertz CT molecular complexity index is 148. The Morgan fingerprint density at radius 3 is 2.12 bits per heavy atom. The Hall–Kier alpha value is 0.840. The first-order valence-electron chi connectivity index (χ1n) is 6.15. The molecule has 17 heavy (non-hydrogen) atoms. The van der Waals surface area contributed by atoms with Gasteiger partial charge in [-0.2, -0.15) is 0 Å². The lowest BCUT2D eigenvalue weighted by molar-refractivity contribution is -0.0520. The largest absolute Gasteiger partial charge is 0.382 e. The van der Waals surface area contributed by atoms with E-state index in [4.69, 9.17) is 14.2 Å². The number of hydrogen-bond acceptors (Lipinski definition) is 3. The highest BCUT2D eigenvalue weighted by molar-refractivity contribution is 9.09. The Balaban J connectivity index is 3.45. The van der Waals surface area contributed by atoms with Crippen LogP contribution in [0, 0.1) is 0 Å². The van der Waals surface area contributed by atoms with Crippen molar-refractivity contribution in [1.29, 1.82) is 0 Å². The van der Waals surface area contributed by atoms with E-state index in [1.807, 2.05) is 0 Å². The first kappa shape index (κ1) is 17.8. The molecule has 0 saturated carbocycles. The van der Waals surface area contributed by atoms with Crippen LogP contribution in [0.4, 0.5) is 0 Å². The molecule has 0 aliphatic heterocycles. The molecule has 1 atom stereocenters. The summed E-state index contributed by atoms with van der Waals surface area (Å²) in [6, 6.07) is 0. The van der Waals surface area contributed by atoms with Gasteiger partial charge < -0.3 is 14.2 Å². The minimum atomic E-state index is 0.0688. The summed E-state index contributed by atoms with van der Waals surface area (Å²) in [6.45, 7) is 2.82. The summed E-state index contributed by atoms with van der Waals surface area (Å²) in [4.78, 5) is 0. The van der Waals surface area contributed by atoms with Crippen molar-refractivity contribution in [2.75, 3.05) is 44.2 Å². The van der Waals surface area contributed by atoms with Crippen LogP contribution < -0.4 is 0 Å². The molecular weight excluding hydrogens is 352 g/mol. The molecule has 0 amide bonds. The highest BCUT2D eigenvalue weighted by Gasteiger charge is 2.08. The van der Waals surface area contributed by atoms with Gasteiger partial charge in [0, 0.05) is 31.0 Å². The zero-order chi connectivity index (χ0) is 12.8. The van der Waals surface area contributed by atoms with Gasteiger partial charge in [0.25, 0.3) is 0 Å². The maximum absolute atomic E-state index is 5.71. The van der Waals surface area contributed by atoms with E-state index in [1.54, 1.807) is 7.11 Å². The third kappa shape index (κ3) is 13.1. The van der Waals surface area contributed by atoms with Crippen molar-refractivity contribution in [3.63, 3.8) is 0 Å². The van der Waals surface area contributed by atoms with E-state index < -0.39 is 0 Å². The molecule has 0 aromatic rings. The summed E-state index contributed by atoms with van der Waals surface area (Å²) in [7, 11) is 1.69. The van der Waals surface area contributed by atoms with Crippen LogP contribution in [0.1, 0.15) is 25.7 Å². The third-order valence-corrected chi connectivity index (χ3v) is 3.33. The topological polar surface area (TPSA) is 27.7 Å². The molecule has 1 unspecified atom stereocenters. The molecule has 0 radical (unpaired) electrons. The zero-order valence-electron chi connectivity index (χ0n) is 10.6. The summed E-state index contributed by atoms with van der Waals surface area (Å²) >= 11 is 6.80. The Morgan fingerprint density at radius 1 is 0.882 bits per heavy atom. The fraction of sp³-hybridized carbons (Fsp3) is 1.00. The predicted octanol–water partition coefficient (Wildman–Crippen LogP) is 3.38. The van der Waals surface area contributed by atoms with Crippen LogP contribution in [0.15, 0.2) is 0 Å². The molecule has 0 heterocycles. The lowest BCUT2D eigenvalue weighted by Crippen LogP contribution is -2.26. The van der Waals surface area contributed by atoms with E-state index in [2.05, 4.69) is 31.9 Å². The molecule has 0 aromatic heterocycles. The molecule has 3 nitrogen and oxygen atoms in total. The van der Waals surface area contributed by atoms with E-state index in [1.165, 1.54) is 0 Å². The highest BCUT2D eigenvalue weighted by Crippen LogP contribution is 2.01. The number of ether oxygens (including phenoxy) is 3. The second-order valence-corrected chi connectivity index (χ2v) is 5.40. The van der Waals surface area contributed by atoms with Gasteiger partial charge in [-0.05, 0) is 25.7 Å². The Labute approximate surface area is 122 Å². The van der Waals surface area contributed by atoms with Crippen molar-refractivity contribution in [3.8, 4) is 0 Å². The van der Waals surface area contributed by atoms with Gasteiger partial charge in [-0.1, -0.05) is 31.9 Å². The molecule has 5 heteroatoms. The van der Waals surface area contributed by atoms with E-state index in [-0.39, 0.29) is 6.10 Å². The van der Waals surface area contributed by atoms with Crippen LogP contribution in [-0.2, 0) is 14.2 Å². The fourth-order valence-corrected chi connectivity index (χ4v) is 2.08. The maximum Gasteiger partial charge on any atom is 0.104 e. The average molecular weight is 376 g/mol. The third-order valence-electron chi connectivity index (χ3n) is 2.21. The van der Waals surface area contributed by atoms with Crippen molar-refractivity contribution in [3.05, 3.63) is 0 Å². The zero-order valence-corrected chi connectivity index (χ0v) is 13.8. The minimum Gasteiger partial charge on any atom is -0.382 e. The SMILES string of the molecule is COCC(COCCCCBr)OCCCCBr. The second kappa shape index (κ2) is 14.9. The van der Waals surface area contributed by atoms with Crippen LogP contribution in [0.3, 0.4) is 0 Å². The minimum absolute atomic E-state index is 0.0688. The van der Waals surface area contributed by atoms with Gasteiger partial charge in [-0.15, -0.1) is 0 Å². The second-order valence-electron chi connectivity index (χ2n) is 3.82. The predicted molar refractivity (Wildman–Crippen MR) is 78.5 cm³/mol. The lowest BCUT2D eigenvalue weighted by atomic mass is 10.3. The van der Waals surface area contributed by atoms with E-state index in [0.717, 1.165) is 49.6 Å². The standard InChI is InChI=1S/C12H24Br2O3/c1-15-10-12(17-9-5-3-7-14)11-16-8-4-2-6-13/h12H,2-11H2,1H3. The van der Waals surface area contributed by atoms with Crippen LogP contribution in [0.25, 0.3) is 0 Å². The number of unbranched alkanes of at least 4 members (excludes halogenated alkanes) is 2. The molecule has 0 aliphatic rings. The van der Waals surface area contributed by atoms with Crippen LogP contribution >= 0.6 is 31.9 Å². The number of alkyl halides is 2. The highest BCUT2D eigenvalue weighted by atomic mass is 79.9. The summed E-state index contributed by atoms with van der Waals surface area (Å²) < 4.78 is 16.4. The number of methoxy groups -OCH3 is 1. The summed E-state index contributed by atoms with van der Waals surface area (Å²) in [5.74, 6) is 0. The average Bonchev–Trinajstić information content (AvgIpc) is 2.34. The molecule has 0 rings (SSSR count). The first-order chi connectivity index (χ1) is 8.35. The molecule has 0 N–H and O–H groups in total. The summed E-state index contributed by atoms with van der Waals surface area (Å²) in [5, 5.41) is 2.08. The van der Waals surface area contributed by atoms with Gasteiger partial charge in [-0.25, -0.2) is 0 Å². The van der Waals surface area contributed by atoms with Crippen molar-refractivity contribution in [2.45, 2.75) is 31.8 Å². The van der Waals surface area contributed by atoms with Gasteiger partial charge in [-0.3, -0.25) is 0 Å².